The van der Waals surface area contributed by atoms with Crippen LogP contribution < -0.4 is 0 Å². The molecule has 0 radical (unpaired) electrons. The molecule has 3 nitrogen and oxygen atoms in total. The van der Waals surface area contributed by atoms with Crippen molar-refractivity contribution in [3.05, 3.63) is 54.1 Å². The molecule has 1 aliphatic heterocycles. The van der Waals surface area contributed by atoms with Crippen molar-refractivity contribution in [3.8, 4) is 0 Å². The highest BCUT2D eigenvalue weighted by atomic mass is 32.1. The molecule has 0 spiro atoms. The number of carbonyl (C=O) groups is 1. The second-order valence-electron chi connectivity index (χ2n) is 7.97. The van der Waals surface area contributed by atoms with Crippen LogP contribution in [0.5, 0.6) is 0 Å². The van der Waals surface area contributed by atoms with Crippen LogP contribution in [0.25, 0.3) is 10.2 Å². The quantitative estimate of drug-likeness (QED) is 0.322. The van der Waals surface area contributed by atoms with Gasteiger partial charge in [0.2, 0.25) is 5.91 Å². The molecule has 0 N–H and O–H groups in total. The first kappa shape index (κ1) is 21.8. The number of piperidine rings is 1. The average molecular weight is 411 g/mol. The van der Waals surface area contributed by atoms with E-state index in [1.807, 2.05) is 29.2 Å². The molecule has 156 valence electrons. The first-order valence-electron chi connectivity index (χ1n) is 11.2. The molecule has 1 aliphatic rings. The van der Waals surface area contributed by atoms with Crippen LogP contribution in [0.2, 0.25) is 0 Å². The Hall–Kier alpha value is -1.94. The minimum Gasteiger partial charge on any atom is -0.342 e. The SMILES string of the molecule is C=C[C@H](/C=C/CCCCCC)[C@H](C(=O)N1CCCCC1)c1nc2ccccc2s1. The summed E-state index contributed by atoms with van der Waals surface area (Å²) in [6, 6.07) is 8.16. The van der Waals surface area contributed by atoms with Crippen LogP contribution in [0.3, 0.4) is 0 Å². The average Bonchev–Trinajstić information content (AvgIpc) is 3.19. The van der Waals surface area contributed by atoms with E-state index in [-0.39, 0.29) is 17.7 Å². The van der Waals surface area contributed by atoms with Gasteiger partial charge in [-0.2, -0.15) is 0 Å². The summed E-state index contributed by atoms with van der Waals surface area (Å²) in [6.07, 6.45) is 15.9. The predicted octanol–water partition coefficient (Wildman–Crippen LogP) is 6.72. The third-order valence-corrected chi connectivity index (χ3v) is 6.87. The summed E-state index contributed by atoms with van der Waals surface area (Å²) in [7, 11) is 0. The highest BCUT2D eigenvalue weighted by molar-refractivity contribution is 7.18. The number of nitrogens with zero attached hydrogens (tertiary/aromatic N) is 2. The maximum absolute atomic E-state index is 13.6. The Bertz CT molecular complexity index is 786. The number of allylic oxidation sites excluding steroid dienone is 3. The van der Waals surface area contributed by atoms with Crippen LogP contribution in [-0.4, -0.2) is 28.9 Å². The van der Waals surface area contributed by atoms with E-state index in [9.17, 15) is 4.79 Å². The van der Waals surface area contributed by atoms with Gasteiger partial charge in [-0.15, -0.1) is 17.9 Å². The van der Waals surface area contributed by atoms with Gasteiger partial charge in [-0.05, 0) is 44.2 Å². The molecule has 4 heteroatoms. The fourth-order valence-electron chi connectivity index (χ4n) is 4.04. The lowest BCUT2D eigenvalue weighted by molar-refractivity contribution is -0.134. The van der Waals surface area contributed by atoms with Crippen molar-refractivity contribution in [2.45, 2.75) is 64.2 Å². The molecule has 29 heavy (non-hydrogen) atoms. The van der Waals surface area contributed by atoms with E-state index in [1.165, 1.54) is 32.1 Å². The summed E-state index contributed by atoms with van der Waals surface area (Å²) in [4.78, 5) is 20.5. The zero-order valence-corrected chi connectivity index (χ0v) is 18.5. The molecule has 1 saturated heterocycles. The Kier molecular flexibility index (Phi) is 8.48. The van der Waals surface area contributed by atoms with E-state index >= 15 is 0 Å². The fourth-order valence-corrected chi connectivity index (χ4v) is 5.16. The minimum atomic E-state index is -0.269. The molecule has 0 aliphatic carbocycles. The highest BCUT2D eigenvalue weighted by Gasteiger charge is 2.33. The monoisotopic (exact) mass is 410 g/mol. The smallest absolute Gasteiger partial charge is 0.233 e. The predicted molar refractivity (Wildman–Crippen MR) is 124 cm³/mol. The Morgan fingerprint density at radius 2 is 2.00 bits per heavy atom. The lowest BCUT2D eigenvalue weighted by atomic mass is 9.90. The number of amides is 1. The number of thiazole rings is 1. The number of aromatic nitrogens is 1. The lowest BCUT2D eigenvalue weighted by Gasteiger charge is -2.31. The number of likely N-dealkylation sites (tertiary alicyclic amines) is 1. The first-order chi connectivity index (χ1) is 14.2. The van der Waals surface area contributed by atoms with E-state index in [1.54, 1.807) is 11.3 Å². The third kappa shape index (κ3) is 5.79. The number of unbranched alkanes of at least 4 members (excludes halogenated alkanes) is 4. The van der Waals surface area contributed by atoms with Gasteiger partial charge in [-0.1, -0.05) is 56.5 Å². The Balaban J connectivity index is 1.83. The van der Waals surface area contributed by atoms with Gasteiger partial charge in [-0.3, -0.25) is 4.79 Å². The number of rotatable bonds is 10. The van der Waals surface area contributed by atoms with Gasteiger partial charge in [0.1, 0.15) is 5.01 Å². The highest BCUT2D eigenvalue weighted by Crippen LogP contribution is 2.35. The molecule has 1 amide bonds. The van der Waals surface area contributed by atoms with E-state index in [2.05, 4.69) is 31.7 Å². The zero-order chi connectivity index (χ0) is 20.5. The van der Waals surface area contributed by atoms with E-state index in [4.69, 9.17) is 4.98 Å². The maximum Gasteiger partial charge on any atom is 0.233 e. The molecular formula is C25H34N2OS. The van der Waals surface area contributed by atoms with Crippen molar-refractivity contribution in [2.75, 3.05) is 13.1 Å². The van der Waals surface area contributed by atoms with Crippen LogP contribution >= 0.6 is 11.3 Å². The van der Waals surface area contributed by atoms with E-state index in [0.29, 0.717) is 0 Å². The summed E-state index contributed by atoms with van der Waals surface area (Å²) < 4.78 is 1.14. The van der Waals surface area contributed by atoms with Crippen molar-refractivity contribution in [3.63, 3.8) is 0 Å². The normalized spacial score (nSPS) is 16.9. The van der Waals surface area contributed by atoms with Crippen molar-refractivity contribution < 1.29 is 4.79 Å². The molecule has 0 unspecified atom stereocenters. The number of hydrogen-bond donors (Lipinski definition) is 0. The lowest BCUT2D eigenvalue weighted by Crippen LogP contribution is -2.40. The number of hydrogen-bond acceptors (Lipinski definition) is 3. The summed E-state index contributed by atoms with van der Waals surface area (Å²) in [5.41, 5.74) is 0.982. The van der Waals surface area contributed by atoms with Gasteiger partial charge in [0.05, 0.1) is 16.1 Å². The molecule has 0 saturated carbocycles. The van der Waals surface area contributed by atoms with Gasteiger partial charge >= 0.3 is 0 Å². The Morgan fingerprint density at radius 3 is 2.72 bits per heavy atom. The second-order valence-corrected chi connectivity index (χ2v) is 9.04. The summed E-state index contributed by atoms with van der Waals surface area (Å²) >= 11 is 1.65. The summed E-state index contributed by atoms with van der Waals surface area (Å²) in [5.74, 6) is -0.0738. The van der Waals surface area contributed by atoms with Gasteiger partial charge in [0.25, 0.3) is 0 Å². The number of para-hydroxylation sites is 1. The zero-order valence-electron chi connectivity index (χ0n) is 17.7. The minimum absolute atomic E-state index is 0.0174. The Morgan fingerprint density at radius 1 is 1.21 bits per heavy atom. The third-order valence-electron chi connectivity index (χ3n) is 5.75. The van der Waals surface area contributed by atoms with Gasteiger partial charge < -0.3 is 4.90 Å². The summed E-state index contributed by atoms with van der Waals surface area (Å²) in [5, 5.41) is 0.919. The molecular weight excluding hydrogens is 376 g/mol. The van der Waals surface area contributed by atoms with Crippen LogP contribution in [0.15, 0.2) is 49.1 Å². The number of carbonyl (C=O) groups excluding carboxylic acids is 1. The van der Waals surface area contributed by atoms with Gasteiger partial charge in [0, 0.05) is 19.0 Å². The van der Waals surface area contributed by atoms with E-state index < -0.39 is 0 Å². The van der Waals surface area contributed by atoms with Gasteiger partial charge in [0.15, 0.2) is 0 Å². The fraction of sp³-hybridized carbons (Fsp3) is 0.520. The van der Waals surface area contributed by atoms with Crippen molar-refractivity contribution in [1.82, 2.24) is 9.88 Å². The molecule has 3 rings (SSSR count). The van der Waals surface area contributed by atoms with Crippen molar-refractivity contribution in [1.29, 1.82) is 0 Å². The first-order valence-corrected chi connectivity index (χ1v) is 12.0. The van der Waals surface area contributed by atoms with Crippen molar-refractivity contribution >= 4 is 27.5 Å². The molecule has 2 aromatic rings. The van der Waals surface area contributed by atoms with Gasteiger partial charge in [-0.25, -0.2) is 4.98 Å². The Labute approximate surface area is 179 Å². The largest absolute Gasteiger partial charge is 0.342 e. The van der Waals surface area contributed by atoms with E-state index in [0.717, 1.165) is 47.6 Å². The van der Waals surface area contributed by atoms with Crippen molar-refractivity contribution in [2.24, 2.45) is 5.92 Å². The maximum atomic E-state index is 13.6. The van der Waals surface area contributed by atoms with Crippen LogP contribution in [0.1, 0.15) is 69.2 Å². The molecule has 0 bridgehead atoms. The van der Waals surface area contributed by atoms with Crippen LogP contribution in [0, 0.1) is 5.92 Å². The topological polar surface area (TPSA) is 33.2 Å². The number of benzene rings is 1. The second kappa shape index (κ2) is 11.3. The standard InChI is InChI=1S/C25H34N2OS/c1-3-5-6-7-8-10-15-20(4-2)23(25(28)27-18-13-9-14-19-27)24-26-21-16-11-12-17-22(21)29-24/h4,10-12,15-17,20,23H,2-3,5-9,13-14,18-19H2,1H3/b15-10+/t20-,23+/m1/s1. The number of fused-ring (bicyclic) bond motifs is 1. The molecule has 2 atom stereocenters. The molecule has 2 heterocycles. The molecule has 1 fully saturated rings. The van der Waals surface area contributed by atoms with Crippen LogP contribution in [-0.2, 0) is 4.79 Å². The molecule has 1 aromatic heterocycles. The van der Waals surface area contributed by atoms with Crippen LogP contribution in [0.4, 0.5) is 0 Å². The molecule has 1 aromatic carbocycles. The summed E-state index contributed by atoms with van der Waals surface area (Å²) in [6.45, 7) is 8.04.